The van der Waals surface area contributed by atoms with Crippen molar-refractivity contribution in [3.63, 3.8) is 0 Å². The molecule has 0 aliphatic heterocycles. The summed E-state index contributed by atoms with van der Waals surface area (Å²) >= 11 is 0. The molecule has 0 saturated carbocycles. The molecule has 3 aromatic carbocycles. The van der Waals surface area contributed by atoms with Gasteiger partial charge in [-0.1, -0.05) is 42.5 Å². The molecule has 0 amide bonds. The molecule has 0 saturated heterocycles. The van der Waals surface area contributed by atoms with Gasteiger partial charge in [-0.15, -0.1) is 0 Å². The fourth-order valence-corrected chi connectivity index (χ4v) is 4.55. The molecule has 0 N–H and O–H groups in total. The quantitative estimate of drug-likeness (QED) is 0.386. The zero-order chi connectivity index (χ0) is 23.8. The first-order valence-electron chi connectivity index (χ1n) is 11.1. The van der Waals surface area contributed by atoms with Crippen LogP contribution in [-0.2, 0) is 26.6 Å². The number of aromatic nitrogens is 3. The Hall–Kier alpha value is -4.13. The highest BCUT2D eigenvalue weighted by atomic mass is 19.1. The van der Waals surface area contributed by atoms with Gasteiger partial charge in [0.05, 0.1) is 24.7 Å². The summed E-state index contributed by atoms with van der Waals surface area (Å²) in [6.45, 7) is 0.376. The van der Waals surface area contributed by atoms with E-state index in [1.54, 1.807) is 23.8 Å². The molecule has 34 heavy (non-hydrogen) atoms. The van der Waals surface area contributed by atoms with Crippen molar-refractivity contribution in [1.29, 1.82) is 0 Å². The summed E-state index contributed by atoms with van der Waals surface area (Å²) in [5.74, 6) is 0.247. The first kappa shape index (κ1) is 21.7. The second-order valence-electron chi connectivity index (χ2n) is 8.33. The van der Waals surface area contributed by atoms with E-state index < -0.39 is 5.69 Å². The monoisotopic (exact) mass is 457 g/mol. The average Bonchev–Trinajstić information content (AvgIpc) is 3.14. The van der Waals surface area contributed by atoms with Gasteiger partial charge in [-0.2, -0.15) is 0 Å². The van der Waals surface area contributed by atoms with E-state index in [-0.39, 0.29) is 24.5 Å². The summed E-state index contributed by atoms with van der Waals surface area (Å²) in [5, 5.41) is 0.734. The Morgan fingerprint density at radius 1 is 0.853 bits per heavy atom. The zero-order valence-corrected chi connectivity index (χ0v) is 19.0. The fraction of sp³-hybridized carbons (Fsp3) is 0.185. The van der Waals surface area contributed by atoms with Crippen LogP contribution < -0.4 is 16.0 Å². The number of rotatable bonds is 6. The van der Waals surface area contributed by atoms with Crippen molar-refractivity contribution in [1.82, 2.24) is 13.7 Å². The van der Waals surface area contributed by atoms with Crippen molar-refractivity contribution in [2.45, 2.75) is 19.5 Å². The van der Waals surface area contributed by atoms with Gasteiger partial charge in [0.15, 0.2) is 0 Å². The predicted octanol–water partition coefficient (Wildman–Crippen LogP) is 4.09. The number of ether oxygens (including phenoxy) is 1. The van der Waals surface area contributed by atoms with Crippen LogP contribution in [0.4, 0.5) is 4.39 Å². The number of hydrogen-bond acceptors (Lipinski definition) is 3. The maximum atomic E-state index is 13.9. The highest BCUT2D eigenvalue weighted by Gasteiger charge is 2.21. The van der Waals surface area contributed by atoms with Crippen LogP contribution in [0.2, 0.25) is 0 Å². The number of aryl methyl sites for hydroxylation is 2. The van der Waals surface area contributed by atoms with Gasteiger partial charge in [-0.05, 0) is 47.9 Å². The fourth-order valence-electron chi connectivity index (χ4n) is 4.55. The number of fused-ring (bicyclic) bond motifs is 3. The molecule has 2 heterocycles. The lowest BCUT2D eigenvalue weighted by atomic mass is 10.1. The third-order valence-electron chi connectivity index (χ3n) is 6.26. The van der Waals surface area contributed by atoms with Crippen LogP contribution in [0.15, 0.2) is 82.4 Å². The molecule has 0 unspecified atom stereocenters. The maximum absolute atomic E-state index is 13.9. The summed E-state index contributed by atoms with van der Waals surface area (Å²) < 4.78 is 24.0. The average molecular weight is 458 g/mol. The van der Waals surface area contributed by atoms with Crippen LogP contribution >= 0.6 is 0 Å². The molecule has 172 valence electrons. The van der Waals surface area contributed by atoms with Gasteiger partial charge in [-0.25, -0.2) is 9.18 Å². The van der Waals surface area contributed by atoms with Crippen LogP contribution in [0.5, 0.6) is 5.75 Å². The summed E-state index contributed by atoms with van der Waals surface area (Å²) in [4.78, 5) is 27.3. The maximum Gasteiger partial charge on any atom is 0.331 e. The molecule has 0 aliphatic carbocycles. The first-order valence-corrected chi connectivity index (χ1v) is 11.1. The van der Waals surface area contributed by atoms with Crippen LogP contribution in [0.25, 0.3) is 21.9 Å². The predicted molar refractivity (Wildman–Crippen MR) is 131 cm³/mol. The molecule has 2 aromatic heterocycles. The van der Waals surface area contributed by atoms with Gasteiger partial charge < -0.3 is 9.30 Å². The second-order valence-corrected chi connectivity index (χ2v) is 8.33. The van der Waals surface area contributed by atoms with E-state index in [9.17, 15) is 14.0 Å². The summed E-state index contributed by atoms with van der Waals surface area (Å²) in [6, 6.07) is 21.4. The molecular weight excluding hydrogens is 433 g/mol. The van der Waals surface area contributed by atoms with Crippen molar-refractivity contribution in [2.24, 2.45) is 7.05 Å². The van der Waals surface area contributed by atoms with Gasteiger partial charge in [0.2, 0.25) is 0 Å². The number of nitrogens with zero attached hydrogens (tertiary/aromatic N) is 3. The Kier molecular flexibility index (Phi) is 5.53. The largest absolute Gasteiger partial charge is 0.497 e. The molecule has 5 rings (SSSR count). The lowest BCUT2D eigenvalue weighted by Crippen LogP contribution is -2.41. The molecular formula is C27H24FN3O3. The Morgan fingerprint density at radius 3 is 2.35 bits per heavy atom. The zero-order valence-electron chi connectivity index (χ0n) is 19.0. The number of methoxy groups -OCH3 is 1. The van der Waals surface area contributed by atoms with Gasteiger partial charge in [0.25, 0.3) is 5.56 Å². The lowest BCUT2D eigenvalue weighted by molar-refractivity contribution is 0.415. The second kappa shape index (κ2) is 8.67. The molecule has 0 fully saturated rings. The SMILES string of the molecule is COc1ccc2c(c1)c1c(c(=O)n(CCc3ccccc3)c(=O)n1Cc1cccc(F)c1)n2C. The van der Waals surface area contributed by atoms with E-state index >= 15 is 0 Å². The van der Waals surface area contributed by atoms with E-state index in [0.29, 0.717) is 28.8 Å². The normalized spacial score (nSPS) is 11.4. The third-order valence-corrected chi connectivity index (χ3v) is 6.26. The van der Waals surface area contributed by atoms with E-state index in [2.05, 4.69) is 0 Å². The lowest BCUT2D eigenvalue weighted by Gasteiger charge is -2.14. The Bertz CT molecular complexity index is 1630. The van der Waals surface area contributed by atoms with Crippen LogP contribution in [0, 0.1) is 5.82 Å². The van der Waals surface area contributed by atoms with E-state index in [1.807, 2.05) is 60.1 Å². The number of hydrogen-bond donors (Lipinski definition) is 0. The Labute approximate surface area is 195 Å². The van der Waals surface area contributed by atoms with Crippen molar-refractivity contribution in [3.8, 4) is 5.75 Å². The third kappa shape index (κ3) is 3.69. The summed E-state index contributed by atoms with van der Waals surface area (Å²) in [7, 11) is 3.39. The van der Waals surface area contributed by atoms with Crippen LogP contribution in [-0.4, -0.2) is 20.8 Å². The topological polar surface area (TPSA) is 58.2 Å². The van der Waals surface area contributed by atoms with Gasteiger partial charge in [-0.3, -0.25) is 13.9 Å². The Balaban J connectivity index is 1.78. The van der Waals surface area contributed by atoms with Crippen molar-refractivity contribution in [2.75, 3.05) is 7.11 Å². The molecule has 0 spiro atoms. The molecule has 5 aromatic rings. The minimum absolute atomic E-state index is 0.134. The van der Waals surface area contributed by atoms with E-state index in [4.69, 9.17) is 4.74 Å². The number of halogens is 1. The van der Waals surface area contributed by atoms with Gasteiger partial charge in [0, 0.05) is 19.0 Å². The molecule has 0 atom stereocenters. The standard InChI is InChI=1S/C27H24FN3O3/c1-29-23-12-11-21(34-2)16-22(23)24-25(29)26(32)30(14-13-18-7-4-3-5-8-18)27(33)31(24)17-19-9-6-10-20(28)15-19/h3-12,15-16H,13-14,17H2,1-2H3. The molecule has 7 heteroatoms. The van der Waals surface area contributed by atoms with E-state index in [0.717, 1.165) is 16.5 Å². The van der Waals surface area contributed by atoms with Gasteiger partial charge in [0.1, 0.15) is 17.1 Å². The minimum Gasteiger partial charge on any atom is -0.497 e. The summed E-state index contributed by atoms with van der Waals surface area (Å²) in [6.07, 6.45) is 0.541. The van der Waals surface area contributed by atoms with Crippen LogP contribution in [0.3, 0.4) is 0 Å². The number of benzene rings is 3. The smallest absolute Gasteiger partial charge is 0.331 e. The molecule has 0 bridgehead atoms. The van der Waals surface area contributed by atoms with E-state index in [1.165, 1.54) is 16.7 Å². The Morgan fingerprint density at radius 2 is 1.62 bits per heavy atom. The highest BCUT2D eigenvalue weighted by molar-refractivity contribution is 6.06. The van der Waals surface area contributed by atoms with Gasteiger partial charge >= 0.3 is 5.69 Å². The van der Waals surface area contributed by atoms with Crippen molar-refractivity contribution >= 4 is 21.9 Å². The van der Waals surface area contributed by atoms with Crippen molar-refractivity contribution < 1.29 is 9.13 Å². The van der Waals surface area contributed by atoms with Crippen LogP contribution in [0.1, 0.15) is 11.1 Å². The minimum atomic E-state index is -0.423. The molecule has 6 nitrogen and oxygen atoms in total. The molecule has 0 radical (unpaired) electrons. The first-order chi connectivity index (χ1) is 16.5. The molecule has 0 aliphatic rings. The highest BCUT2D eigenvalue weighted by Crippen LogP contribution is 2.29. The van der Waals surface area contributed by atoms with Crippen molar-refractivity contribution in [3.05, 3.63) is 111 Å². The summed E-state index contributed by atoms with van der Waals surface area (Å²) in [5.41, 5.74) is 2.65.